The molecule has 0 saturated heterocycles. The van der Waals surface area contributed by atoms with E-state index in [-0.39, 0.29) is 0 Å². The van der Waals surface area contributed by atoms with E-state index in [0.29, 0.717) is 6.04 Å². The first-order chi connectivity index (χ1) is 6.24. The predicted octanol–water partition coefficient (Wildman–Crippen LogP) is 0.655. The average molecular weight is 187 g/mol. The molecular weight excluding hydrogens is 162 g/mol. The topological polar surface area (TPSA) is 41.3 Å². The molecule has 0 saturated carbocycles. The summed E-state index contributed by atoms with van der Waals surface area (Å²) in [5.74, 6) is 0. The first-order valence-corrected chi connectivity index (χ1v) is 5.40. The van der Waals surface area contributed by atoms with Gasteiger partial charge < -0.3 is 16.0 Å². The van der Waals surface area contributed by atoms with Crippen molar-refractivity contribution in [1.29, 1.82) is 0 Å². The molecule has 0 aromatic heterocycles. The van der Waals surface area contributed by atoms with Crippen LogP contribution in [0.25, 0.3) is 0 Å². The van der Waals surface area contributed by atoms with Crippen molar-refractivity contribution >= 4 is 0 Å². The maximum absolute atomic E-state index is 5.46. The van der Waals surface area contributed by atoms with Gasteiger partial charge in [-0.05, 0) is 33.0 Å². The van der Waals surface area contributed by atoms with E-state index < -0.39 is 0 Å². The van der Waals surface area contributed by atoms with Gasteiger partial charge in [0.2, 0.25) is 0 Å². The van der Waals surface area contributed by atoms with Crippen LogP contribution in [0.15, 0.2) is 0 Å². The number of nitrogens with zero attached hydrogens (tertiary/aromatic N) is 1. The Morgan fingerprint density at radius 3 is 2.38 bits per heavy atom. The van der Waals surface area contributed by atoms with Gasteiger partial charge in [-0.1, -0.05) is 13.8 Å². The largest absolute Gasteiger partial charge is 0.330 e. The summed E-state index contributed by atoms with van der Waals surface area (Å²) in [5, 5.41) is 3.46. The minimum atomic E-state index is 0.556. The molecule has 3 heteroatoms. The first-order valence-electron chi connectivity index (χ1n) is 5.40. The van der Waals surface area contributed by atoms with E-state index in [1.54, 1.807) is 0 Å². The number of hydrogen-bond acceptors (Lipinski definition) is 3. The second-order valence-corrected chi connectivity index (χ2v) is 3.46. The fourth-order valence-corrected chi connectivity index (χ4v) is 1.36. The van der Waals surface area contributed by atoms with Crippen LogP contribution < -0.4 is 11.1 Å². The molecule has 13 heavy (non-hydrogen) atoms. The predicted molar refractivity (Wildman–Crippen MR) is 58.9 cm³/mol. The van der Waals surface area contributed by atoms with Crippen LogP contribution in [-0.2, 0) is 0 Å². The second kappa shape index (κ2) is 8.48. The molecule has 0 aliphatic rings. The van der Waals surface area contributed by atoms with Crippen LogP contribution in [0.1, 0.15) is 27.2 Å². The number of nitrogens with two attached hydrogens (primary N) is 1. The molecule has 1 atom stereocenters. The van der Waals surface area contributed by atoms with Gasteiger partial charge >= 0.3 is 0 Å². The average Bonchev–Trinajstić information content (AvgIpc) is 2.13. The summed E-state index contributed by atoms with van der Waals surface area (Å²) in [6, 6.07) is 0.556. The Kier molecular flexibility index (Phi) is 8.40. The van der Waals surface area contributed by atoms with E-state index in [0.717, 1.165) is 39.1 Å². The SMILES string of the molecule is CCN(CC)CCNC(C)CCN. The van der Waals surface area contributed by atoms with Gasteiger partial charge in [0.25, 0.3) is 0 Å². The molecule has 0 bridgehead atoms. The molecule has 1 unspecified atom stereocenters. The normalized spacial score (nSPS) is 13.6. The molecule has 3 N–H and O–H groups in total. The highest BCUT2D eigenvalue weighted by Gasteiger charge is 2.01. The lowest BCUT2D eigenvalue weighted by atomic mass is 10.2. The van der Waals surface area contributed by atoms with Gasteiger partial charge in [0.05, 0.1) is 0 Å². The van der Waals surface area contributed by atoms with Gasteiger partial charge in [-0.15, -0.1) is 0 Å². The monoisotopic (exact) mass is 187 g/mol. The van der Waals surface area contributed by atoms with Gasteiger partial charge in [0, 0.05) is 19.1 Å². The third-order valence-electron chi connectivity index (χ3n) is 2.41. The molecule has 0 rings (SSSR count). The van der Waals surface area contributed by atoms with Gasteiger partial charge in [-0.2, -0.15) is 0 Å². The maximum Gasteiger partial charge on any atom is 0.0107 e. The van der Waals surface area contributed by atoms with E-state index >= 15 is 0 Å². The highest BCUT2D eigenvalue weighted by molar-refractivity contribution is 4.62. The highest BCUT2D eigenvalue weighted by atomic mass is 15.1. The summed E-state index contributed by atoms with van der Waals surface area (Å²) < 4.78 is 0. The van der Waals surface area contributed by atoms with Crippen molar-refractivity contribution in [3.8, 4) is 0 Å². The van der Waals surface area contributed by atoms with Crippen LogP contribution in [0.3, 0.4) is 0 Å². The molecule has 0 aliphatic heterocycles. The second-order valence-electron chi connectivity index (χ2n) is 3.46. The van der Waals surface area contributed by atoms with Gasteiger partial charge in [-0.3, -0.25) is 0 Å². The van der Waals surface area contributed by atoms with Crippen molar-refractivity contribution in [3.63, 3.8) is 0 Å². The van der Waals surface area contributed by atoms with E-state index in [9.17, 15) is 0 Å². The van der Waals surface area contributed by atoms with Crippen LogP contribution >= 0.6 is 0 Å². The zero-order valence-corrected chi connectivity index (χ0v) is 9.34. The highest BCUT2D eigenvalue weighted by Crippen LogP contribution is 1.88. The molecule has 0 aromatic carbocycles. The third-order valence-corrected chi connectivity index (χ3v) is 2.41. The molecule has 0 radical (unpaired) electrons. The lowest BCUT2D eigenvalue weighted by Gasteiger charge is -2.20. The summed E-state index contributed by atoms with van der Waals surface area (Å²) in [5.41, 5.74) is 5.46. The Bertz CT molecular complexity index is 102. The molecule has 0 aromatic rings. The Labute approximate surface area is 82.7 Å². The van der Waals surface area contributed by atoms with E-state index in [1.807, 2.05) is 0 Å². The van der Waals surface area contributed by atoms with Crippen molar-refractivity contribution in [1.82, 2.24) is 10.2 Å². The Morgan fingerprint density at radius 2 is 1.92 bits per heavy atom. The third kappa shape index (κ3) is 6.99. The van der Waals surface area contributed by atoms with Gasteiger partial charge in [-0.25, -0.2) is 0 Å². The number of hydrogen-bond donors (Lipinski definition) is 2. The molecular formula is C10H25N3. The van der Waals surface area contributed by atoms with Crippen molar-refractivity contribution in [2.24, 2.45) is 5.73 Å². The molecule has 0 fully saturated rings. The smallest absolute Gasteiger partial charge is 0.0107 e. The van der Waals surface area contributed by atoms with Crippen LogP contribution in [0, 0.1) is 0 Å². The van der Waals surface area contributed by atoms with Crippen LogP contribution in [0.5, 0.6) is 0 Å². The lowest BCUT2D eigenvalue weighted by molar-refractivity contribution is 0.296. The van der Waals surface area contributed by atoms with E-state index in [1.165, 1.54) is 0 Å². The summed E-state index contributed by atoms with van der Waals surface area (Å²) >= 11 is 0. The van der Waals surface area contributed by atoms with Crippen molar-refractivity contribution in [2.75, 3.05) is 32.7 Å². The molecule has 0 amide bonds. The quantitative estimate of drug-likeness (QED) is 0.586. The summed E-state index contributed by atoms with van der Waals surface area (Å²) in [4.78, 5) is 2.42. The minimum Gasteiger partial charge on any atom is -0.330 e. The molecule has 0 spiro atoms. The molecule has 0 aliphatic carbocycles. The van der Waals surface area contributed by atoms with Gasteiger partial charge in [0.15, 0.2) is 0 Å². The Balaban J connectivity index is 3.32. The van der Waals surface area contributed by atoms with E-state index in [4.69, 9.17) is 5.73 Å². The minimum absolute atomic E-state index is 0.556. The molecule has 80 valence electrons. The van der Waals surface area contributed by atoms with Crippen molar-refractivity contribution in [3.05, 3.63) is 0 Å². The van der Waals surface area contributed by atoms with Crippen LogP contribution in [0.4, 0.5) is 0 Å². The molecule has 3 nitrogen and oxygen atoms in total. The Morgan fingerprint density at radius 1 is 1.31 bits per heavy atom. The maximum atomic E-state index is 5.46. The number of nitrogens with one attached hydrogen (secondary N) is 1. The summed E-state index contributed by atoms with van der Waals surface area (Å²) in [6.07, 6.45) is 1.07. The van der Waals surface area contributed by atoms with E-state index in [2.05, 4.69) is 31.0 Å². The lowest BCUT2D eigenvalue weighted by Crippen LogP contribution is -2.36. The first kappa shape index (κ1) is 12.9. The molecule has 0 heterocycles. The summed E-state index contributed by atoms with van der Waals surface area (Å²) in [6.45, 7) is 11.9. The zero-order valence-electron chi connectivity index (χ0n) is 9.34. The zero-order chi connectivity index (χ0) is 10.1. The van der Waals surface area contributed by atoms with Crippen molar-refractivity contribution in [2.45, 2.75) is 33.2 Å². The number of rotatable bonds is 8. The Hall–Kier alpha value is -0.120. The number of likely N-dealkylation sites (N-methyl/N-ethyl adjacent to an activating group) is 1. The fraction of sp³-hybridized carbons (Fsp3) is 1.00. The fourth-order valence-electron chi connectivity index (χ4n) is 1.36. The van der Waals surface area contributed by atoms with Gasteiger partial charge in [0.1, 0.15) is 0 Å². The summed E-state index contributed by atoms with van der Waals surface area (Å²) in [7, 11) is 0. The van der Waals surface area contributed by atoms with Crippen LogP contribution in [0.2, 0.25) is 0 Å². The van der Waals surface area contributed by atoms with Crippen LogP contribution in [-0.4, -0.2) is 43.7 Å². The van der Waals surface area contributed by atoms with Crippen molar-refractivity contribution < 1.29 is 0 Å². The standard InChI is InChI=1S/C10H25N3/c1-4-13(5-2)9-8-12-10(3)6-7-11/h10,12H,4-9,11H2,1-3H3.